The Hall–Kier alpha value is -1.03. The molecule has 1 aromatic carbocycles. The molecule has 1 aromatic rings. The van der Waals surface area contributed by atoms with E-state index in [1.165, 1.54) is 0 Å². The normalized spacial score (nSPS) is 13.7. The van der Waals surface area contributed by atoms with Gasteiger partial charge in [-0.25, -0.2) is 0 Å². The Balaban J connectivity index is 2.72. The zero-order chi connectivity index (χ0) is 12.9. The summed E-state index contributed by atoms with van der Waals surface area (Å²) in [5.74, 6) is 0. The fourth-order valence-corrected chi connectivity index (χ4v) is 1.70. The zero-order valence-corrected chi connectivity index (χ0v) is 10.1. The third-order valence-corrected chi connectivity index (χ3v) is 2.56. The van der Waals surface area contributed by atoms with Crippen LogP contribution in [-0.4, -0.2) is 18.8 Å². The molecule has 96 valence electrons. The van der Waals surface area contributed by atoms with E-state index in [9.17, 15) is 13.2 Å². The molecule has 17 heavy (non-hydrogen) atoms. The van der Waals surface area contributed by atoms with Crippen molar-refractivity contribution in [2.75, 3.05) is 6.54 Å². The summed E-state index contributed by atoms with van der Waals surface area (Å²) in [5, 5.41) is 2.55. The van der Waals surface area contributed by atoms with E-state index in [0.717, 1.165) is 11.1 Å². The van der Waals surface area contributed by atoms with E-state index >= 15 is 0 Å². The number of benzene rings is 1. The Morgan fingerprint density at radius 3 is 2.53 bits per heavy atom. The number of halogens is 3. The Labute approximate surface area is 100 Å². The lowest BCUT2D eigenvalue weighted by Gasteiger charge is -2.21. The van der Waals surface area contributed by atoms with Gasteiger partial charge in [-0.1, -0.05) is 36.8 Å². The van der Waals surface area contributed by atoms with Crippen molar-refractivity contribution in [3.05, 3.63) is 35.4 Å². The maximum atomic E-state index is 12.8. The molecule has 1 unspecified atom stereocenters. The molecule has 0 saturated heterocycles. The third-order valence-electron chi connectivity index (χ3n) is 2.56. The molecule has 1 N–H and O–H groups in total. The highest BCUT2D eigenvalue weighted by molar-refractivity contribution is 5.23. The van der Waals surface area contributed by atoms with E-state index in [1.807, 2.05) is 19.9 Å². The van der Waals surface area contributed by atoms with Crippen molar-refractivity contribution >= 4 is 0 Å². The standard InChI is InChI=1S/C13H18F3N/c1-3-7-17-12(13(14,15)16)9-11-6-4-5-10(2)8-11/h4-6,8,12,17H,3,7,9H2,1-2H3. The molecule has 0 aliphatic rings. The molecule has 0 aliphatic heterocycles. The molecule has 0 aliphatic carbocycles. The molecule has 0 fully saturated rings. The predicted molar refractivity (Wildman–Crippen MR) is 63.0 cm³/mol. The van der Waals surface area contributed by atoms with Crippen LogP contribution in [-0.2, 0) is 6.42 Å². The van der Waals surface area contributed by atoms with Crippen LogP contribution < -0.4 is 5.32 Å². The Kier molecular flexibility index (Phi) is 5.00. The molecule has 0 bridgehead atoms. The van der Waals surface area contributed by atoms with Gasteiger partial charge in [0.2, 0.25) is 0 Å². The van der Waals surface area contributed by atoms with Gasteiger partial charge in [-0.15, -0.1) is 0 Å². The second kappa shape index (κ2) is 6.05. The summed E-state index contributed by atoms with van der Waals surface area (Å²) in [5.41, 5.74) is 1.70. The fraction of sp³-hybridized carbons (Fsp3) is 0.538. The highest BCUT2D eigenvalue weighted by atomic mass is 19.4. The molecule has 0 spiro atoms. The third kappa shape index (κ3) is 4.77. The number of alkyl halides is 3. The van der Waals surface area contributed by atoms with Gasteiger partial charge in [-0.2, -0.15) is 13.2 Å². The molecule has 0 aromatic heterocycles. The first-order valence-corrected chi connectivity index (χ1v) is 5.79. The van der Waals surface area contributed by atoms with Gasteiger partial charge in [0.25, 0.3) is 0 Å². The lowest BCUT2D eigenvalue weighted by atomic mass is 10.0. The Bertz CT molecular complexity index is 347. The molecule has 1 atom stereocenters. The summed E-state index contributed by atoms with van der Waals surface area (Å²) in [6.45, 7) is 4.12. The lowest BCUT2D eigenvalue weighted by molar-refractivity contribution is -0.155. The van der Waals surface area contributed by atoms with Gasteiger partial charge >= 0.3 is 6.18 Å². The van der Waals surface area contributed by atoms with Crippen LogP contribution >= 0.6 is 0 Å². The van der Waals surface area contributed by atoms with E-state index < -0.39 is 12.2 Å². The summed E-state index contributed by atoms with van der Waals surface area (Å²) in [7, 11) is 0. The van der Waals surface area contributed by atoms with Crippen molar-refractivity contribution in [2.24, 2.45) is 0 Å². The molecule has 0 saturated carbocycles. The maximum absolute atomic E-state index is 12.8. The first-order chi connectivity index (χ1) is 7.93. The van der Waals surface area contributed by atoms with E-state index in [-0.39, 0.29) is 6.42 Å². The van der Waals surface area contributed by atoms with Gasteiger partial charge in [0.05, 0.1) is 0 Å². The monoisotopic (exact) mass is 245 g/mol. The number of hydrogen-bond acceptors (Lipinski definition) is 1. The van der Waals surface area contributed by atoms with Gasteiger partial charge in [0.15, 0.2) is 0 Å². The van der Waals surface area contributed by atoms with E-state index in [1.54, 1.807) is 18.2 Å². The highest BCUT2D eigenvalue weighted by Crippen LogP contribution is 2.23. The largest absolute Gasteiger partial charge is 0.404 e. The van der Waals surface area contributed by atoms with Gasteiger partial charge in [-0.05, 0) is 31.9 Å². The van der Waals surface area contributed by atoms with Gasteiger partial charge in [0, 0.05) is 0 Å². The Morgan fingerprint density at radius 1 is 1.29 bits per heavy atom. The summed E-state index contributed by atoms with van der Waals surface area (Å²) < 4.78 is 38.3. The van der Waals surface area contributed by atoms with Crippen molar-refractivity contribution in [2.45, 2.75) is 38.9 Å². The molecule has 4 heteroatoms. The number of nitrogens with one attached hydrogen (secondary N) is 1. The molecule has 0 heterocycles. The SMILES string of the molecule is CCCNC(Cc1cccc(C)c1)C(F)(F)F. The molecule has 1 nitrogen and oxygen atoms in total. The lowest BCUT2D eigenvalue weighted by Crippen LogP contribution is -2.44. The van der Waals surface area contributed by atoms with Crippen LogP contribution in [0.2, 0.25) is 0 Å². The molecule has 0 amide bonds. The van der Waals surface area contributed by atoms with Crippen molar-refractivity contribution < 1.29 is 13.2 Å². The summed E-state index contributed by atoms with van der Waals surface area (Å²) in [4.78, 5) is 0. The topological polar surface area (TPSA) is 12.0 Å². The van der Waals surface area contributed by atoms with Crippen molar-refractivity contribution in [1.29, 1.82) is 0 Å². The molecule has 0 radical (unpaired) electrons. The van der Waals surface area contributed by atoms with Gasteiger partial charge in [-0.3, -0.25) is 0 Å². The Morgan fingerprint density at radius 2 is 2.00 bits per heavy atom. The van der Waals surface area contributed by atoms with E-state index in [0.29, 0.717) is 13.0 Å². The second-order valence-corrected chi connectivity index (χ2v) is 4.24. The van der Waals surface area contributed by atoms with Crippen LogP contribution in [0, 0.1) is 6.92 Å². The molecular weight excluding hydrogens is 227 g/mol. The summed E-state index contributed by atoms with van der Waals surface area (Å²) in [6, 6.07) is 5.75. The van der Waals surface area contributed by atoms with Crippen LogP contribution in [0.15, 0.2) is 24.3 Å². The number of aryl methyl sites for hydroxylation is 1. The maximum Gasteiger partial charge on any atom is 0.404 e. The smallest absolute Gasteiger partial charge is 0.306 e. The van der Waals surface area contributed by atoms with Crippen LogP contribution in [0.1, 0.15) is 24.5 Å². The molecule has 1 rings (SSSR count). The van der Waals surface area contributed by atoms with E-state index in [4.69, 9.17) is 0 Å². The quantitative estimate of drug-likeness (QED) is 0.837. The first-order valence-electron chi connectivity index (χ1n) is 5.79. The number of hydrogen-bond donors (Lipinski definition) is 1. The average molecular weight is 245 g/mol. The second-order valence-electron chi connectivity index (χ2n) is 4.24. The predicted octanol–water partition coefficient (Wildman–Crippen LogP) is 3.47. The van der Waals surface area contributed by atoms with Gasteiger partial charge in [0.1, 0.15) is 6.04 Å². The van der Waals surface area contributed by atoms with Crippen LogP contribution in [0.25, 0.3) is 0 Å². The minimum Gasteiger partial charge on any atom is -0.306 e. The summed E-state index contributed by atoms with van der Waals surface area (Å²) in [6.07, 6.45) is -3.51. The van der Waals surface area contributed by atoms with Crippen LogP contribution in [0.4, 0.5) is 13.2 Å². The van der Waals surface area contributed by atoms with Crippen molar-refractivity contribution in [3.63, 3.8) is 0 Å². The minimum atomic E-state index is -4.20. The van der Waals surface area contributed by atoms with Crippen LogP contribution in [0.3, 0.4) is 0 Å². The van der Waals surface area contributed by atoms with Crippen molar-refractivity contribution in [3.8, 4) is 0 Å². The van der Waals surface area contributed by atoms with Crippen LogP contribution in [0.5, 0.6) is 0 Å². The fourth-order valence-electron chi connectivity index (χ4n) is 1.70. The van der Waals surface area contributed by atoms with E-state index in [2.05, 4.69) is 5.32 Å². The zero-order valence-electron chi connectivity index (χ0n) is 10.1. The highest BCUT2D eigenvalue weighted by Gasteiger charge is 2.38. The van der Waals surface area contributed by atoms with Gasteiger partial charge < -0.3 is 5.32 Å². The first kappa shape index (κ1) is 14.0. The minimum absolute atomic E-state index is 0.00875. The number of rotatable bonds is 5. The summed E-state index contributed by atoms with van der Waals surface area (Å²) >= 11 is 0. The van der Waals surface area contributed by atoms with Crippen molar-refractivity contribution in [1.82, 2.24) is 5.32 Å². The molecular formula is C13H18F3N. The average Bonchev–Trinajstić information content (AvgIpc) is 2.22.